The molecule has 0 amide bonds. The maximum absolute atomic E-state index is 5.69. The molecule has 0 saturated heterocycles. The van der Waals surface area contributed by atoms with E-state index < -0.39 is 0 Å². The molecule has 0 bridgehead atoms. The molecule has 2 atom stereocenters. The van der Waals surface area contributed by atoms with Crippen molar-refractivity contribution in [2.75, 3.05) is 12.4 Å². The maximum atomic E-state index is 5.69. The van der Waals surface area contributed by atoms with Gasteiger partial charge in [0.15, 0.2) is 6.29 Å². The Bertz CT molecular complexity index is 348. The Morgan fingerprint density at radius 1 is 1.11 bits per heavy atom. The Morgan fingerprint density at radius 2 is 1.74 bits per heavy atom. The van der Waals surface area contributed by atoms with Crippen LogP contribution in [0, 0.1) is 5.92 Å². The molecular formula is C16H26O2S. The van der Waals surface area contributed by atoms with Gasteiger partial charge in [-0.3, -0.25) is 0 Å². The lowest BCUT2D eigenvalue weighted by Crippen LogP contribution is -2.17. The Kier molecular flexibility index (Phi) is 7.32. The molecule has 0 saturated carbocycles. The first-order valence-electron chi connectivity index (χ1n) is 7.07. The van der Waals surface area contributed by atoms with Crippen LogP contribution in [0.2, 0.25) is 0 Å². The molecule has 0 aliphatic heterocycles. The van der Waals surface area contributed by atoms with Gasteiger partial charge in [-0.1, -0.05) is 32.9 Å². The van der Waals surface area contributed by atoms with Crippen molar-refractivity contribution in [2.24, 2.45) is 5.92 Å². The van der Waals surface area contributed by atoms with E-state index in [4.69, 9.17) is 9.47 Å². The topological polar surface area (TPSA) is 18.5 Å². The Labute approximate surface area is 122 Å². The van der Waals surface area contributed by atoms with Crippen molar-refractivity contribution in [1.82, 2.24) is 0 Å². The summed E-state index contributed by atoms with van der Waals surface area (Å²) in [5, 5.41) is 0. The third-order valence-electron chi connectivity index (χ3n) is 3.30. The summed E-state index contributed by atoms with van der Waals surface area (Å²) in [6.07, 6.45) is 0.935. The van der Waals surface area contributed by atoms with Gasteiger partial charge >= 0.3 is 0 Å². The van der Waals surface area contributed by atoms with Gasteiger partial charge in [-0.2, -0.15) is 12.6 Å². The number of hydrogen-bond donors (Lipinski definition) is 1. The molecule has 1 aromatic carbocycles. The SMILES string of the molecule is CCC(c1ccc(OC(C)OCCS)cc1)C(C)C. The van der Waals surface area contributed by atoms with Crippen molar-refractivity contribution in [3.05, 3.63) is 29.8 Å². The van der Waals surface area contributed by atoms with Crippen molar-refractivity contribution < 1.29 is 9.47 Å². The fourth-order valence-corrected chi connectivity index (χ4v) is 2.44. The highest BCUT2D eigenvalue weighted by Gasteiger charge is 2.13. The smallest absolute Gasteiger partial charge is 0.197 e. The van der Waals surface area contributed by atoms with Crippen LogP contribution in [0.1, 0.15) is 45.6 Å². The third kappa shape index (κ3) is 5.45. The highest BCUT2D eigenvalue weighted by molar-refractivity contribution is 7.80. The van der Waals surface area contributed by atoms with E-state index in [9.17, 15) is 0 Å². The molecule has 0 N–H and O–H groups in total. The van der Waals surface area contributed by atoms with E-state index in [1.165, 1.54) is 12.0 Å². The van der Waals surface area contributed by atoms with Crippen LogP contribution in [-0.2, 0) is 4.74 Å². The van der Waals surface area contributed by atoms with Gasteiger partial charge in [0.2, 0.25) is 0 Å². The van der Waals surface area contributed by atoms with Gasteiger partial charge in [-0.25, -0.2) is 0 Å². The van der Waals surface area contributed by atoms with Crippen LogP contribution in [0.5, 0.6) is 5.75 Å². The Hall–Kier alpha value is -0.670. The lowest BCUT2D eigenvalue weighted by molar-refractivity contribution is -0.0601. The molecule has 2 unspecified atom stereocenters. The lowest BCUT2D eigenvalue weighted by Gasteiger charge is -2.20. The minimum Gasteiger partial charge on any atom is -0.465 e. The summed E-state index contributed by atoms with van der Waals surface area (Å²) in [7, 11) is 0. The highest BCUT2D eigenvalue weighted by Crippen LogP contribution is 2.29. The van der Waals surface area contributed by atoms with Crippen LogP contribution in [-0.4, -0.2) is 18.6 Å². The first-order chi connectivity index (χ1) is 9.08. The molecule has 0 spiro atoms. The van der Waals surface area contributed by atoms with Crippen LogP contribution < -0.4 is 4.74 Å². The largest absolute Gasteiger partial charge is 0.465 e. The lowest BCUT2D eigenvalue weighted by atomic mass is 9.86. The molecule has 0 aromatic heterocycles. The number of hydrogen-bond acceptors (Lipinski definition) is 3. The van der Waals surface area contributed by atoms with E-state index >= 15 is 0 Å². The quantitative estimate of drug-likeness (QED) is 0.559. The molecule has 0 aliphatic rings. The minimum absolute atomic E-state index is 0.231. The molecule has 1 aromatic rings. The van der Waals surface area contributed by atoms with Gasteiger partial charge in [0.1, 0.15) is 5.75 Å². The summed E-state index contributed by atoms with van der Waals surface area (Å²) in [6, 6.07) is 8.38. The third-order valence-corrected chi connectivity index (χ3v) is 3.48. The van der Waals surface area contributed by atoms with Crippen molar-refractivity contribution in [3.8, 4) is 5.75 Å². The van der Waals surface area contributed by atoms with E-state index in [-0.39, 0.29) is 6.29 Å². The normalized spacial score (nSPS) is 14.4. The molecule has 0 aliphatic carbocycles. The number of thiol groups is 1. The predicted molar refractivity (Wildman–Crippen MR) is 84.2 cm³/mol. The van der Waals surface area contributed by atoms with Gasteiger partial charge in [0.05, 0.1) is 6.61 Å². The second-order valence-electron chi connectivity index (χ2n) is 5.11. The average molecular weight is 282 g/mol. The van der Waals surface area contributed by atoms with Crippen LogP contribution >= 0.6 is 12.6 Å². The minimum atomic E-state index is -0.231. The molecule has 2 nitrogen and oxygen atoms in total. The second-order valence-corrected chi connectivity index (χ2v) is 5.55. The van der Waals surface area contributed by atoms with Crippen molar-refractivity contribution >= 4 is 12.6 Å². The van der Waals surface area contributed by atoms with Crippen LogP contribution in [0.3, 0.4) is 0 Å². The van der Waals surface area contributed by atoms with Gasteiger partial charge in [-0.05, 0) is 42.9 Å². The molecule has 0 fully saturated rings. The second kappa shape index (κ2) is 8.49. The molecule has 1 rings (SSSR count). The fraction of sp³-hybridized carbons (Fsp3) is 0.625. The summed E-state index contributed by atoms with van der Waals surface area (Å²) in [5.41, 5.74) is 1.38. The van der Waals surface area contributed by atoms with Crippen molar-refractivity contribution in [2.45, 2.75) is 46.3 Å². The van der Waals surface area contributed by atoms with E-state index in [1.54, 1.807) is 0 Å². The number of rotatable bonds is 8. The Morgan fingerprint density at radius 3 is 2.21 bits per heavy atom. The number of ether oxygens (including phenoxy) is 2. The molecule has 19 heavy (non-hydrogen) atoms. The van der Waals surface area contributed by atoms with Crippen LogP contribution in [0.25, 0.3) is 0 Å². The van der Waals surface area contributed by atoms with E-state index in [1.807, 2.05) is 19.1 Å². The van der Waals surface area contributed by atoms with E-state index in [0.717, 1.165) is 5.75 Å². The van der Waals surface area contributed by atoms with Crippen molar-refractivity contribution in [3.63, 3.8) is 0 Å². The summed E-state index contributed by atoms with van der Waals surface area (Å²) in [4.78, 5) is 0. The average Bonchev–Trinajstić information content (AvgIpc) is 2.39. The first-order valence-corrected chi connectivity index (χ1v) is 7.70. The summed E-state index contributed by atoms with van der Waals surface area (Å²) in [6.45, 7) is 9.29. The summed E-state index contributed by atoms with van der Waals surface area (Å²) < 4.78 is 11.1. The molecule has 0 radical (unpaired) electrons. The zero-order valence-electron chi connectivity index (χ0n) is 12.4. The fourth-order valence-electron chi connectivity index (χ4n) is 2.33. The Balaban J connectivity index is 2.60. The number of benzene rings is 1. The van der Waals surface area contributed by atoms with Gasteiger partial charge < -0.3 is 9.47 Å². The molecular weight excluding hydrogens is 256 g/mol. The zero-order chi connectivity index (χ0) is 14.3. The molecule has 0 heterocycles. The van der Waals surface area contributed by atoms with E-state index in [2.05, 4.69) is 45.5 Å². The van der Waals surface area contributed by atoms with E-state index in [0.29, 0.717) is 24.2 Å². The van der Waals surface area contributed by atoms with Crippen LogP contribution in [0.4, 0.5) is 0 Å². The van der Waals surface area contributed by atoms with Gasteiger partial charge in [0, 0.05) is 5.75 Å². The van der Waals surface area contributed by atoms with Gasteiger partial charge in [-0.15, -0.1) is 0 Å². The standard InChI is InChI=1S/C16H26O2S/c1-5-16(12(2)3)14-6-8-15(9-7-14)18-13(4)17-10-11-19/h6-9,12-13,16,19H,5,10-11H2,1-4H3. The van der Waals surface area contributed by atoms with Gasteiger partial charge in [0.25, 0.3) is 0 Å². The first kappa shape index (κ1) is 16.4. The predicted octanol–water partition coefficient (Wildman–Crippen LogP) is 4.51. The molecule has 108 valence electrons. The highest BCUT2D eigenvalue weighted by atomic mass is 32.1. The summed E-state index contributed by atoms with van der Waals surface area (Å²) >= 11 is 4.11. The molecule has 3 heteroatoms. The monoisotopic (exact) mass is 282 g/mol. The maximum Gasteiger partial charge on any atom is 0.197 e. The van der Waals surface area contributed by atoms with Crippen LogP contribution in [0.15, 0.2) is 24.3 Å². The zero-order valence-corrected chi connectivity index (χ0v) is 13.3. The summed E-state index contributed by atoms with van der Waals surface area (Å²) in [5.74, 6) is 2.84. The van der Waals surface area contributed by atoms with Crippen molar-refractivity contribution in [1.29, 1.82) is 0 Å².